The Morgan fingerprint density at radius 2 is 2.11 bits per heavy atom. The monoisotopic (exact) mass is 332 g/mol. The van der Waals surface area contributed by atoms with Crippen molar-refractivity contribution in [2.45, 2.75) is 6.92 Å². The fourth-order valence-corrected chi connectivity index (χ4v) is 1.53. The highest BCUT2D eigenvalue weighted by molar-refractivity contribution is 9.10. The van der Waals surface area contributed by atoms with Crippen LogP contribution in [0.1, 0.15) is 6.92 Å². The lowest BCUT2D eigenvalue weighted by molar-refractivity contribution is -0.136. The van der Waals surface area contributed by atoms with Gasteiger partial charge in [0.1, 0.15) is 5.82 Å². The first-order chi connectivity index (χ1) is 8.93. The molecule has 2 amide bonds. The van der Waals surface area contributed by atoms with E-state index in [-0.39, 0.29) is 24.8 Å². The number of hydrogen-bond acceptors (Lipinski definition) is 3. The van der Waals surface area contributed by atoms with Gasteiger partial charge in [-0.2, -0.15) is 0 Å². The highest BCUT2D eigenvalue weighted by Gasteiger charge is 2.15. The molecule has 0 aromatic heterocycles. The predicted molar refractivity (Wildman–Crippen MR) is 72.0 cm³/mol. The number of aliphatic hydroxyl groups excluding tert-OH is 1. The third-order valence-corrected chi connectivity index (χ3v) is 3.00. The minimum atomic E-state index is -0.892. The number of benzene rings is 1. The van der Waals surface area contributed by atoms with Crippen LogP contribution in [0.2, 0.25) is 0 Å². The first kappa shape index (κ1) is 15.6. The maximum Gasteiger partial charge on any atom is 0.313 e. The molecule has 0 saturated carbocycles. The number of nitrogens with one attached hydrogen (secondary N) is 2. The van der Waals surface area contributed by atoms with Crippen molar-refractivity contribution in [1.82, 2.24) is 5.32 Å². The summed E-state index contributed by atoms with van der Waals surface area (Å²) in [5.41, 5.74) is 0.176. The van der Waals surface area contributed by atoms with E-state index in [1.165, 1.54) is 12.1 Å². The number of hydrogen-bond donors (Lipinski definition) is 3. The first-order valence-electron chi connectivity index (χ1n) is 5.59. The number of halogens is 2. The minimum Gasteiger partial charge on any atom is -0.396 e. The molecule has 0 saturated heterocycles. The van der Waals surface area contributed by atoms with Gasteiger partial charge in [-0.1, -0.05) is 6.92 Å². The van der Waals surface area contributed by atoms with Gasteiger partial charge in [-0.15, -0.1) is 0 Å². The van der Waals surface area contributed by atoms with Crippen LogP contribution in [0, 0.1) is 11.7 Å². The van der Waals surface area contributed by atoms with E-state index in [0.717, 1.165) is 6.07 Å². The second-order valence-corrected chi connectivity index (χ2v) is 4.93. The van der Waals surface area contributed by atoms with Gasteiger partial charge in [0, 0.05) is 17.6 Å². The van der Waals surface area contributed by atoms with Gasteiger partial charge in [0.2, 0.25) is 0 Å². The lowest BCUT2D eigenvalue weighted by Gasteiger charge is -2.10. The molecule has 1 atom stereocenters. The molecule has 3 N–H and O–H groups in total. The molecule has 0 aliphatic rings. The van der Waals surface area contributed by atoms with E-state index >= 15 is 0 Å². The summed E-state index contributed by atoms with van der Waals surface area (Å²) in [6.07, 6.45) is 0. The van der Waals surface area contributed by atoms with Gasteiger partial charge in [-0.3, -0.25) is 9.59 Å². The summed E-state index contributed by atoms with van der Waals surface area (Å²) in [6.45, 7) is 1.83. The van der Waals surface area contributed by atoms with Crippen molar-refractivity contribution in [2.75, 3.05) is 18.5 Å². The van der Waals surface area contributed by atoms with E-state index in [0.29, 0.717) is 4.47 Å². The Kier molecular flexibility index (Phi) is 5.91. The molecule has 0 spiro atoms. The smallest absolute Gasteiger partial charge is 0.313 e. The van der Waals surface area contributed by atoms with Crippen molar-refractivity contribution in [2.24, 2.45) is 5.92 Å². The molecular formula is C12H14BrFN2O3. The molecule has 0 radical (unpaired) electrons. The third-order valence-electron chi connectivity index (χ3n) is 2.31. The quantitative estimate of drug-likeness (QED) is 0.726. The molecule has 1 rings (SSSR count). The molecule has 1 aromatic carbocycles. The van der Waals surface area contributed by atoms with Crippen LogP contribution in [0.15, 0.2) is 22.7 Å². The van der Waals surface area contributed by atoms with Crippen molar-refractivity contribution in [3.8, 4) is 0 Å². The normalized spacial score (nSPS) is 11.8. The first-order valence-corrected chi connectivity index (χ1v) is 6.38. The fraction of sp³-hybridized carbons (Fsp3) is 0.333. The standard InChI is InChI=1S/C12H14BrFN2O3/c1-7(6-17)5-15-11(18)12(19)16-10-4-8(14)2-3-9(10)13/h2-4,7,17H,5-6H2,1H3,(H,15,18)(H,16,19). The van der Waals surface area contributed by atoms with Crippen LogP contribution in [0.3, 0.4) is 0 Å². The second-order valence-electron chi connectivity index (χ2n) is 4.08. The molecule has 0 fully saturated rings. The Morgan fingerprint density at radius 1 is 1.42 bits per heavy atom. The lowest BCUT2D eigenvalue weighted by Crippen LogP contribution is -2.38. The molecule has 1 unspecified atom stereocenters. The maximum atomic E-state index is 13.0. The van der Waals surface area contributed by atoms with Crippen LogP contribution < -0.4 is 10.6 Å². The van der Waals surface area contributed by atoms with Crippen molar-refractivity contribution >= 4 is 33.4 Å². The summed E-state index contributed by atoms with van der Waals surface area (Å²) in [5.74, 6) is -2.39. The van der Waals surface area contributed by atoms with Crippen molar-refractivity contribution < 1.29 is 19.1 Å². The highest BCUT2D eigenvalue weighted by Crippen LogP contribution is 2.22. The average molecular weight is 333 g/mol. The summed E-state index contributed by atoms with van der Waals surface area (Å²) in [5, 5.41) is 13.4. The number of carbonyl (C=O) groups excluding carboxylic acids is 2. The van der Waals surface area contributed by atoms with E-state index in [2.05, 4.69) is 26.6 Å². The van der Waals surface area contributed by atoms with Gasteiger partial charge in [-0.25, -0.2) is 4.39 Å². The van der Waals surface area contributed by atoms with E-state index in [1.54, 1.807) is 6.92 Å². The molecule has 0 aliphatic heterocycles. The van der Waals surface area contributed by atoms with Gasteiger partial charge in [0.15, 0.2) is 0 Å². The van der Waals surface area contributed by atoms with Crippen LogP contribution in [-0.2, 0) is 9.59 Å². The molecule has 0 heterocycles. The number of anilines is 1. The van der Waals surface area contributed by atoms with Crippen LogP contribution in [0.4, 0.5) is 10.1 Å². The zero-order valence-electron chi connectivity index (χ0n) is 10.2. The van der Waals surface area contributed by atoms with E-state index in [4.69, 9.17) is 5.11 Å². The second kappa shape index (κ2) is 7.20. The van der Waals surface area contributed by atoms with Crippen molar-refractivity contribution in [3.05, 3.63) is 28.5 Å². The Labute approximate surface area is 118 Å². The lowest BCUT2D eigenvalue weighted by atomic mass is 10.2. The van der Waals surface area contributed by atoms with Crippen LogP contribution in [-0.4, -0.2) is 30.1 Å². The Balaban J connectivity index is 2.59. The number of aliphatic hydroxyl groups is 1. The average Bonchev–Trinajstić information content (AvgIpc) is 2.39. The summed E-state index contributed by atoms with van der Waals surface area (Å²) in [4.78, 5) is 23.0. The van der Waals surface area contributed by atoms with E-state index in [1.807, 2.05) is 0 Å². The van der Waals surface area contributed by atoms with Crippen LogP contribution in [0.25, 0.3) is 0 Å². The van der Waals surface area contributed by atoms with E-state index < -0.39 is 17.6 Å². The summed E-state index contributed by atoms with van der Waals surface area (Å²) >= 11 is 3.14. The number of rotatable bonds is 4. The third kappa shape index (κ3) is 4.96. The van der Waals surface area contributed by atoms with E-state index in [9.17, 15) is 14.0 Å². The summed E-state index contributed by atoms with van der Waals surface area (Å²) < 4.78 is 13.5. The zero-order chi connectivity index (χ0) is 14.4. The topological polar surface area (TPSA) is 78.4 Å². The Hall–Kier alpha value is -1.47. The molecule has 104 valence electrons. The Bertz CT molecular complexity index is 482. The summed E-state index contributed by atoms with van der Waals surface area (Å²) in [7, 11) is 0. The van der Waals surface area contributed by atoms with Gasteiger partial charge >= 0.3 is 11.8 Å². The minimum absolute atomic E-state index is 0.0860. The number of amides is 2. The van der Waals surface area contributed by atoms with Crippen molar-refractivity contribution in [1.29, 1.82) is 0 Å². The zero-order valence-corrected chi connectivity index (χ0v) is 11.8. The van der Waals surface area contributed by atoms with Crippen LogP contribution >= 0.6 is 15.9 Å². The largest absolute Gasteiger partial charge is 0.396 e. The molecule has 5 nitrogen and oxygen atoms in total. The van der Waals surface area contributed by atoms with Crippen molar-refractivity contribution in [3.63, 3.8) is 0 Å². The molecule has 19 heavy (non-hydrogen) atoms. The van der Waals surface area contributed by atoms with Gasteiger partial charge in [0.05, 0.1) is 5.69 Å². The maximum absolute atomic E-state index is 13.0. The molecule has 0 aliphatic carbocycles. The molecule has 7 heteroatoms. The fourth-order valence-electron chi connectivity index (χ4n) is 1.18. The highest BCUT2D eigenvalue weighted by atomic mass is 79.9. The van der Waals surface area contributed by atoms with Gasteiger partial charge in [-0.05, 0) is 40.0 Å². The SMILES string of the molecule is CC(CO)CNC(=O)C(=O)Nc1cc(F)ccc1Br. The molecule has 1 aromatic rings. The Morgan fingerprint density at radius 3 is 2.74 bits per heavy atom. The molecular weight excluding hydrogens is 319 g/mol. The van der Waals surface area contributed by atoms with Gasteiger partial charge in [0.25, 0.3) is 0 Å². The number of carbonyl (C=O) groups is 2. The molecule has 0 bridgehead atoms. The van der Waals surface area contributed by atoms with Gasteiger partial charge < -0.3 is 15.7 Å². The van der Waals surface area contributed by atoms with Crippen LogP contribution in [0.5, 0.6) is 0 Å². The summed E-state index contributed by atoms with van der Waals surface area (Å²) in [6, 6.07) is 3.75. The predicted octanol–water partition coefficient (Wildman–Crippen LogP) is 1.27.